The number of aryl methyl sites for hydroxylation is 1. The molecule has 2 nitrogen and oxygen atoms in total. The van der Waals surface area contributed by atoms with E-state index in [0.29, 0.717) is 18.2 Å². The van der Waals surface area contributed by atoms with E-state index in [-0.39, 0.29) is 0 Å². The van der Waals surface area contributed by atoms with Crippen LogP contribution in [0, 0.1) is 0 Å². The maximum atomic E-state index is 11.7. The number of rotatable bonds is 9. The van der Waals surface area contributed by atoms with E-state index < -0.39 is 0 Å². The van der Waals surface area contributed by atoms with E-state index >= 15 is 0 Å². The number of hydrogen-bond donors (Lipinski definition) is 1. The van der Waals surface area contributed by atoms with E-state index in [4.69, 9.17) is 0 Å². The van der Waals surface area contributed by atoms with E-state index in [1.54, 1.807) is 0 Å². The summed E-state index contributed by atoms with van der Waals surface area (Å²) in [5.41, 5.74) is 1.33. The Morgan fingerprint density at radius 2 is 1.78 bits per heavy atom. The summed E-state index contributed by atoms with van der Waals surface area (Å²) < 4.78 is 0. The molecule has 2 heteroatoms. The summed E-state index contributed by atoms with van der Waals surface area (Å²) in [5, 5.41) is 3.33. The molecular weight excluding hydrogens is 222 g/mol. The lowest BCUT2D eigenvalue weighted by Gasteiger charge is -2.07. The zero-order chi connectivity index (χ0) is 13.2. The Kier molecular flexibility index (Phi) is 7.35. The van der Waals surface area contributed by atoms with Gasteiger partial charge in [0.2, 0.25) is 0 Å². The summed E-state index contributed by atoms with van der Waals surface area (Å²) >= 11 is 0. The van der Waals surface area contributed by atoms with Crippen LogP contribution in [-0.4, -0.2) is 18.4 Å². The van der Waals surface area contributed by atoms with Gasteiger partial charge >= 0.3 is 0 Å². The van der Waals surface area contributed by atoms with Crippen molar-refractivity contribution in [2.75, 3.05) is 6.54 Å². The molecule has 0 atom stereocenters. The Hall–Kier alpha value is -1.15. The van der Waals surface area contributed by atoms with Gasteiger partial charge in [-0.25, -0.2) is 0 Å². The normalized spacial score (nSPS) is 10.8. The molecule has 0 unspecified atom stereocenters. The second-order valence-corrected chi connectivity index (χ2v) is 5.09. The fraction of sp³-hybridized carbons (Fsp3) is 0.562. The summed E-state index contributed by atoms with van der Waals surface area (Å²) in [6.45, 7) is 5.20. The summed E-state index contributed by atoms with van der Waals surface area (Å²) in [4.78, 5) is 11.7. The van der Waals surface area contributed by atoms with E-state index in [1.807, 2.05) is 6.07 Å². The second kappa shape index (κ2) is 8.87. The first-order valence-electron chi connectivity index (χ1n) is 6.97. The van der Waals surface area contributed by atoms with Crippen molar-refractivity contribution in [1.82, 2.24) is 5.32 Å². The summed E-state index contributed by atoms with van der Waals surface area (Å²) in [5.74, 6) is 0.400. The zero-order valence-corrected chi connectivity index (χ0v) is 11.6. The van der Waals surface area contributed by atoms with Gasteiger partial charge in [-0.3, -0.25) is 4.79 Å². The highest BCUT2D eigenvalue weighted by Crippen LogP contribution is 2.06. The molecule has 1 aromatic rings. The summed E-state index contributed by atoms with van der Waals surface area (Å²) in [6, 6.07) is 10.9. The molecule has 0 heterocycles. The molecule has 0 aliphatic rings. The third-order valence-electron chi connectivity index (χ3n) is 2.95. The van der Waals surface area contributed by atoms with Crippen LogP contribution in [0.25, 0.3) is 0 Å². The van der Waals surface area contributed by atoms with Gasteiger partial charge in [0, 0.05) is 18.9 Å². The molecule has 1 N–H and O–H groups in total. The van der Waals surface area contributed by atoms with Crippen LogP contribution in [0.5, 0.6) is 0 Å². The first-order chi connectivity index (χ1) is 8.68. The van der Waals surface area contributed by atoms with Gasteiger partial charge in [-0.15, -0.1) is 0 Å². The van der Waals surface area contributed by atoms with Crippen molar-refractivity contribution < 1.29 is 4.79 Å². The highest BCUT2D eigenvalue weighted by atomic mass is 16.1. The number of hydrogen-bond acceptors (Lipinski definition) is 2. The van der Waals surface area contributed by atoms with Gasteiger partial charge in [0.15, 0.2) is 0 Å². The molecular formula is C16H25NO. The van der Waals surface area contributed by atoms with Gasteiger partial charge in [-0.05, 0) is 31.4 Å². The molecule has 0 spiro atoms. The Bertz CT molecular complexity index is 332. The molecule has 0 bridgehead atoms. The third-order valence-corrected chi connectivity index (χ3v) is 2.95. The van der Waals surface area contributed by atoms with Gasteiger partial charge in [0.1, 0.15) is 5.78 Å². The standard InChI is InChI=1S/C16H25NO/c1-14(2)17-13-7-12-16(18)11-6-10-15-8-4-3-5-9-15/h3-5,8-9,14,17H,6-7,10-13H2,1-2H3. The highest BCUT2D eigenvalue weighted by Gasteiger charge is 2.02. The van der Waals surface area contributed by atoms with Crippen LogP contribution < -0.4 is 5.32 Å². The lowest BCUT2D eigenvalue weighted by atomic mass is 10.0. The van der Waals surface area contributed by atoms with Gasteiger partial charge in [-0.2, -0.15) is 0 Å². The van der Waals surface area contributed by atoms with Crippen molar-refractivity contribution in [3.8, 4) is 0 Å². The monoisotopic (exact) mass is 247 g/mol. The Labute approximate surface area is 111 Å². The van der Waals surface area contributed by atoms with Crippen LogP contribution >= 0.6 is 0 Å². The number of benzene rings is 1. The molecule has 1 aromatic carbocycles. The third kappa shape index (κ3) is 7.23. The van der Waals surface area contributed by atoms with Crippen LogP contribution in [0.2, 0.25) is 0 Å². The molecule has 100 valence electrons. The maximum Gasteiger partial charge on any atom is 0.132 e. The molecule has 18 heavy (non-hydrogen) atoms. The van der Waals surface area contributed by atoms with Crippen molar-refractivity contribution >= 4 is 5.78 Å². The summed E-state index contributed by atoms with van der Waals surface area (Å²) in [7, 11) is 0. The average molecular weight is 247 g/mol. The van der Waals surface area contributed by atoms with Crippen LogP contribution in [0.4, 0.5) is 0 Å². The maximum absolute atomic E-state index is 11.7. The first kappa shape index (κ1) is 14.9. The molecule has 0 aromatic heterocycles. The quantitative estimate of drug-likeness (QED) is 0.678. The topological polar surface area (TPSA) is 29.1 Å². The SMILES string of the molecule is CC(C)NCCCC(=O)CCCc1ccccc1. The highest BCUT2D eigenvalue weighted by molar-refractivity contribution is 5.78. The van der Waals surface area contributed by atoms with E-state index in [9.17, 15) is 4.79 Å². The minimum absolute atomic E-state index is 0.400. The van der Waals surface area contributed by atoms with Crippen molar-refractivity contribution in [2.45, 2.75) is 52.0 Å². The second-order valence-electron chi connectivity index (χ2n) is 5.09. The minimum atomic E-state index is 0.400. The van der Waals surface area contributed by atoms with Gasteiger partial charge in [0.05, 0.1) is 0 Å². The first-order valence-corrected chi connectivity index (χ1v) is 6.97. The van der Waals surface area contributed by atoms with Crippen molar-refractivity contribution in [3.05, 3.63) is 35.9 Å². The molecule has 0 aliphatic carbocycles. The molecule has 0 radical (unpaired) electrons. The molecule has 0 saturated heterocycles. The summed E-state index contributed by atoms with van der Waals surface area (Å²) in [6.07, 6.45) is 4.38. The molecule has 0 amide bonds. The zero-order valence-electron chi connectivity index (χ0n) is 11.6. The Balaban J connectivity index is 2.03. The number of Topliss-reactive ketones (excluding diaryl/α,β-unsaturated/α-hetero) is 1. The van der Waals surface area contributed by atoms with E-state index in [2.05, 4.69) is 43.4 Å². The fourth-order valence-corrected chi connectivity index (χ4v) is 1.94. The number of carbonyl (C=O) groups is 1. The van der Waals surface area contributed by atoms with E-state index in [1.165, 1.54) is 5.56 Å². The lowest BCUT2D eigenvalue weighted by molar-refractivity contribution is -0.119. The van der Waals surface area contributed by atoms with Crippen LogP contribution in [-0.2, 0) is 11.2 Å². The van der Waals surface area contributed by atoms with Crippen LogP contribution in [0.3, 0.4) is 0 Å². The van der Waals surface area contributed by atoms with Gasteiger partial charge in [-0.1, -0.05) is 44.2 Å². The van der Waals surface area contributed by atoms with Crippen molar-refractivity contribution in [1.29, 1.82) is 0 Å². The predicted molar refractivity (Wildman–Crippen MR) is 76.8 cm³/mol. The predicted octanol–water partition coefficient (Wildman–Crippen LogP) is 3.36. The Morgan fingerprint density at radius 1 is 1.11 bits per heavy atom. The minimum Gasteiger partial charge on any atom is -0.315 e. The van der Waals surface area contributed by atoms with Gasteiger partial charge < -0.3 is 5.32 Å². The van der Waals surface area contributed by atoms with Crippen molar-refractivity contribution in [3.63, 3.8) is 0 Å². The molecule has 1 rings (SSSR count). The number of nitrogens with one attached hydrogen (secondary N) is 1. The van der Waals surface area contributed by atoms with Crippen LogP contribution in [0.15, 0.2) is 30.3 Å². The van der Waals surface area contributed by atoms with Gasteiger partial charge in [0.25, 0.3) is 0 Å². The smallest absolute Gasteiger partial charge is 0.132 e. The van der Waals surface area contributed by atoms with Crippen molar-refractivity contribution in [2.24, 2.45) is 0 Å². The fourth-order valence-electron chi connectivity index (χ4n) is 1.94. The number of ketones is 1. The van der Waals surface area contributed by atoms with E-state index in [0.717, 1.165) is 32.2 Å². The molecule has 0 saturated carbocycles. The average Bonchev–Trinajstić information content (AvgIpc) is 2.36. The molecule has 0 aliphatic heterocycles. The lowest BCUT2D eigenvalue weighted by Crippen LogP contribution is -2.24. The molecule has 0 fully saturated rings. The van der Waals surface area contributed by atoms with Crippen LogP contribution in [0.1, 0.15) is 45.1 Å². The number of carbonyl (C=O) groups excluding carboxylic acids is 1. The largest absolute Gasteiger partial charge is 0.315 e. The Morgan fingerprint density at radius 3 is 2.44 bits per heavy atom.